The SMILES string of the molecule is O=S(=O)(c1ccccc1)C1CCC(Nc2ccc(C(F)(F)F)cn2)CC1. The maximum atomic E-state index is 12.6. The normalized spacial score (nSPS) is 21.3. The first-order valence-corrected chi connectivity index (χ1v) is 9.90. The van der Waals surface area contributed by atoms with Crippen LogP contribution in [0.1, 0.15) is 31.2 Å². The summed E-state index contributed by atoms with van der Waals surface area (Å²) < 4.78 is 63.0. The van der Waals surface area contributed by atoms with Crippen LogP contribution in [0.4, 0.5) is 19.0 Å². The molecule has 1 aromatic heterocycles. The van der Waals surface area contributed by atoms with Crippen molar-refractivity contribution in [2.45, 2.75) is 48.0 Å². The number of hydrogen-bond acceptors (Lipinski definition) is 4. The smallest absolute Gasteiger partial charge is 0.367 e. The second kappa shape index (κ2) is 7.26. The van der Waals surface area contributed by atoms with Gasteiger partial charge in [-0.1, -0.05) is 18.2 Å². The molecule has 8 heteroatoms. The van der Waals surface area contributed by atoms with Crippen LogP contribution in [-0.2, 0) is 16.0 Å². The van der Waals surface area contributed by atoms with Gasteiger partial charge in [-0.3, -0.25) is 0 Å². The zero-order valence-electron chi connectivity index (χ0n) is 13.9. The molecule has 1 aliphatic rings. The number of aromatic nitrogens is 1. The lowest BCUT2D eigenvalue weighted by atomic mass is 9.95. The predicted octanol–water partition coefficient (Wildman–Crippen LogP) is 4.30. The quantitative estimate of drug-likeness (QED) is 0.854. The molecule has 1 fully saturated rings. The number of rotatable bonds is 4. The molecular weight excluding hydrogens is 365 g/mol. The molecule has 26 heavy (non-hydrogen) atoms. The number of nitrogens with zero attached hydrogens (tertiary/aromatic N) is 1. The number of pyridine rings is 1. The molecule has 4 nitrogen and oxygen atoms in total. The average molecular weight is 384 g/mol. The van der Waals surface area contributed by atoms with Gasteiger partial charge in [-0.25, -0.2) is 13.4 Å². The monoisotopic (exact) mass is 384 g/mol. The Labute approximate surface area is 150 Å². The molecule has 0 bridgehead atoms. The number of benzene rings is 1. The van der Waals surface area contributed by atoms with E-state index in [1.165, 1.54) is 6.07 Å². The Bertz CT molecular complexity index is 829. The van der Waals surface area contributed by atoms with E-state index in [0.29, 0.717) is 36.4 Å². The van der Waals surface area contributed by atoms with Gasteiger partial charge in [0.25, 0.3) is 0 Å². The molecule has 1 aliphatic carbocycles. The zero-order chi connectivity index (χ0) is 18.8. The Hall–Kier alpha value is -2.09. The molecule has 0 spiro atoms. The second-order valence-corrected chi connectivity index (χ2v) is 8.63. The molecule has 0 saturated heterocycles. The third-order valence-corrected chi connectivity index (χ3v) is 6.91. The van der Waals surface area contributed by atoms with Crippen molar-refractivity contribution in [3.8, 4) is 0 Å². The Morgan fingerprint density at radius 1 is 0.962 bits per heavy atom. The van der Waals surface area contributed by atoms with Gasteiger partial charge in [-0.05, 0) is 49.9 Å². The third kappa shape index (κ3) is 4.17. The van der Waals surface area contributed by atoms with Crippen LogP contribution in [0.25, 0.3) is 0 Å². The number of sulfone groups is 1. The second-order valence-electron chi connectivity index (χ2n) is 6.41. The molecule has 140 valence electrons. The van der Waals surface area contributed by atoms with Crippen molar-refractivity contribution in [2.75, 3.05) is 5.32 Å². The summed E-state index contributed by atoms with van der Waals surface area (Å²) in [5.74, 6) is 0.368. The summed E-state index contributed by atoms with van der Waals surface area (Å²) in [5.41, 5.74) is -0.791. The molecule has 2 aromatic rings. The van der Waals surface area contributed by atoms with E-state index >= 15 is 0 Å². The third-order valence-electron chi connectivity index (χ3n) is 4.63. The Kier molecular flexibility index (Phi) is 5.22. The van der Waals surface area contributed by atoms with Crippen molar-refractivity contribution in [3.05, 3.63) is 54.2 Å². The molecule has 0 atom stereocenters. The number of alkyl halides is 3. The summed E-state index contributed by atoms with van der Waals surface area (Å²) in [5, 5.41) is 2.67. The summed E-state index contributed by atoms with van der Waals surface area (Å²) in [7, 11) is -3.35. The van der Waals surface area contributed by atoms with Crippen molar-refractivity contribution in [1.29, 1.82) is 0 Å². The van der Waals surface area contributed by atoms with E-state index in [0.717, 1.165) is 12.3 Å². The average Bonchev–Trinajstić information content (AvgIpc) is 2.63. The lowest BCUT2D eigenvalue weighted by Gasteiger charge is -2.29. The molecule has 0 unspecified atom stereocenters. The van der Waals surface area contributed by atoms with Gasteiger partial charge in [-0.2, -0.15) is 13.2 Å². The first kappa shape index (κ1) is 18.7. The zero-order valence-corrected chi connectivity index (χ0v) is 14.7. The lowest BCUT2D eigenvalue weighted by Crippen LogP contribution is -2.33. The highest BCUT2D eigenvalue weighted by Gasteiger charge is 2.33. The van der Waals surface area contributed by atoms with E-state index in [1.807, 2.05) is 0 Å². The van der Waals surface area contributed by atoms with Crippen LogP contribution in [0.15, 0.2) is 53.6 Å². The first-order valence-electron chi connectivity index (χ1n) is 8.35. The fourth-order valence-corrected chi connectivity index (χ4v) is 4.99. The largest absolute Gasteiger partial charge is 0.417 e. The number of hydrogen-bond donors (Lipinski definition) is 1. The van der Waals surface area contributed by atoms with Crippen molar-refractivity contribution in [1.82, 2.24) is 4.98 Å². The van der Waals surface area contributed by atoms with Crippen molar-refractivity contribution < 1.29 is 21.6 Å². The highest BCUT2D eigenvalue weighted by Crippen LogP contribution is 2.31. The molecule has 0 aliphatic heterocycles. The highest BCUT2D eigenvalue weighted by atomic mass is 32.2. The van der Waals surface area contributed by atoms with Crippen LogP contribution in [-0.4, -0.2) is 24.7 Å². The van der Waals surface area contributed by atoms with Gasteiger partial charge < -0.3 is 5.32 Å². The minimum atomic E-state index is -4.41. The molecule has 3 rings (SSSR count). The van der Waals surface area contributed by atoms with Crippen molar-refractivity contribution >= 4 is 15.7 Å². The lowest BCUT2D eigenvalue weighted by molar-refractivity contribution is -0.137. The van der Waals surface area contributed by atoms with Crippen LogP contribution in [0.3, 0.4) is 0 Å². The summed E-state index contributed by atoms with van der Waals surface area (Å²) in [6, 6.07) is 10.7. The van der Waals surface area contributed by atoms with Crippen LogP contribution >= 0.6 is 0 Å². The molecule has 1 heterocycles. The highest BCUT2D eigenvalue weighted by molar-refractivity contribution is 7.92. The number of anilines is 1. The van der Waals surface area contributed by atoms with Crippen LogP contribution in [0.5, 0.6) is 0 Å². The van der Waals surface area contributed by atoms with Crippen molar-refractivity contribution in [3.63, 3.8) is 0 Å². The maximum Gasteiger partial charge on any atom is 0.417 e. The Balaban J connectivity index is 1.59. The topological polar surface area (TPSA) is 59.1 Å². The van der Waals surface area contributed by atoms with Gasteiger partial charge >= 0.3 is 6.18 Å². The van der Waals surface area contributed by atoms with E-state index in [9.17, 15) is 21.6 Å². The van der Waals surface area contributed by atoms with Crippen LogP contribution in [0.2, 0.25) is 0 Å². The van der Waals surface area contributed by atoms with Gasteiger partial charge in [-0.15, -0.1) is 0 Å². The standard InChI is InChI=1S/C18H19F3N2O2S/c19-18(20,21)13-6-11-17(22-12-13)23-14-7-9-16(10-8-14)26(24,25)15-4-2-1-3-5-15/h1-6,11-12,14,16H,7-10H2,(H,22,23). The molecule has 1 aromatic carbocycles. The van der Waals surface area contributed by atoms with Gasteiger partial charge in [0.15, 0.2) is 9.84 Å². The molecular formula is C18H19F3N2O2S. The van der Waals surface area contributed by atoms with E-state index < -0.39 is 26.8 Å². The van der Waals surface area contributed by atoms with E-state index in [4.69, 9.17) is 0 Å². The van der Waals surface area contributed by atoms with Gasteiger partial charge in [0.05, 0.1) is 15.7 Å². The molecule has 1 saturated carbocycles. The minimum absolute atomic E-state index is 0.00135. The predicted molar refractivity (Wildman–Crippen MR) is 92.5 cm³/mol. The van der Waals surface area contributed by atoms with E-state index in [2.05, 4.69) is 10.3 Å². The maximum absolute atomic E-state index is 12.6. The first-order chi connectivity index (χ1) is 12.3. The summed E-state index contributed by atoms with van der Waals surface area (Å²) >= 11 is 0. The summed E-state index contributed by atoms with van der Waals surface area (Å²) in [6.45, 7) is 0. The number of nitrogens with one attached hydrogen (secondary N) is 1. The minimum Gasteiger partial charge on any atom is -0.367 e. The fraction of sp³-hybridized carbons (Fsp3) is 0.389. The van der Waals surface area contributed by atoms with Crippen molar-refractivity contribution in [2.24, 2.45) is 0 Å². The van der Waals surface area contributed by atoms with Gasteiger partial charge in [0.1, 0.15) is 5.82 Å². The van der Waals surface area contributed by atoms with E-state index in [1.54, 1.807) is 30.3 Å². The van der Waals surface area contributed by atoms with Gasteiger partial charge in [0, 0.05) is 12.2 Å². The molecule has 0 radical (unpaired) electrons. The fourth-order valence-electron chi connectivity index (χ4n) is 3.18. The summed E-state index contributed by atoms with van der Waals surface area (Å²) in [4.78, 5) is 4.14. The molecule has 1 N–H and O–H groups in total. The molecule has 0 amide bonds. The Morgan fingerprint density at radius 2 is 1.62 bits per heavy atom. The Morgan fingerprint density at radius 3 is 2.15 bits per heavy atom. The van der Waals surface area contributed by atoms with Crippen LogP contribution in [0, 0.1) is 0 Å². The van der Waals surface area contributed by atoms with Crippen LogP contribution < -0.4 is 5.32 Å². The van der Waals surface area contributed by atoms with E-state index in [-0.39, 0.29) is 6.04 Å². The van der Waals surface area contributed by atoms with Gasteiger partial charge in [0.2, 0.25) is 0 Å². The summed E-state index contributed by atoms with van der Waals surface area (Å²) in [6.07, 6.45) is -1.34. The number of halogens is 3.